The topological polar surface area (TPSA) is 70.1 Å². The van der Waals surface area contributed by atoms with Crippen molar-refractivity contribution in [3.8, 4) is 0 Å². The second-order valence-corrected chi connectivity index (χ2v) is 10.3. The van der Waals surface area contributed by atoms with Gasteiger partial charge in [-0.1, -0.05) is 24.3 Å². The van der Waals surface area contributed by atoms with Crippen LogP contribution in [-0.2, 0) is 17.1 Å². The summed E-state index contributed by atoms with van der Waals surface area (Å²) in [7, 11) is -1.58. The molecule has 3 heterocycles. The average molecular weight is 437 g/mol. The lowest BCUT2D eigenvalue weighted by Crippen LogP contribution is -2.39. The molecule has 2 N–H and O–H groups in total. The predicted molar refractivity (Wildman–Crippen MR) is 125 cm³/mol. The van der Waals surface area contributed by atoms with E-state index in [1.165, 1.54) is 10.9 Å². The maximum absolute atomic E-state index is 13.1. The minimum atomic E-state index is -3.63. The van der Waals surface area contributed by atoms with Gasteiger partial charge in [0.05, 0.1) is 10.9 Å². The van der Waals surface area contributed by atoms with Crippen LogP contribution in [0.3, 0.4) is 0 Å². The Morgan fingerprint density at radius 1 is 1.19 bits per heavy atom. The number of aryl methyl sites for hydroxylation is 1. The van der Waals surface area contributed by atoms with E-state index in [4.69, 9.17) is 0 Å². The highest BCUT2D eigenvalue weighted by atomic mass is 32.2. The number of aromatic amines is 1. The number of aromatic nitrogens is 2. The third-order valence-electron chi connectivity index (χ3n) is 6.59. The van der Waals surface area contributed by atoms with E-state index in [1.54, 1.807) is 12.1 Å². The Hall–Kier alpha value is -2.61. The molecule has 0 radical (unpaired) electrons. The second-order valence-electron chi connectivity index (χ2n) is 8.54. The Kier molecular flexibility index (Phi) is 5.12. The third-order valence-corrected chi connectivity index (χ3v) is 8.02. The molecule has 162 valence electrons. The van der Waals surface area contributed by atoms with Gasteiger partial charge in [0, 0.05) is 48.4 Å². The maximum Gasteiger partial charge on any atom is 0.240 e. The van der Waals surface area contributed by atoms with Gasteiger partial charge in [-0.25, -0.2) is 13.1 Å². The van der Waals surface area contributed by atoms with Crippen LogP contribution in [0.15, 0.2) is 65.8 Å². The van der Waals surface area contributed by atoms with E-state index in [0.717, 1.165) is 35.8 Å². The smallest absolute Gasteiger partial charge is 0.240 e. The largest absolute Gasteiger partial charge is 0.361 e. The first-order chi connectivity index (χ1) is 14.9. The molecule has 4 aromatic rings. The minimum Gasteiger partial charge on any atom is -0.361 e. The number of fused-ring (bicyclic) bond motifs is 2. The van der Waals surface area contributed by atoms with E-state index < -0.39 is 10.0 Å². The lowest BCUT2D eigenvalue weighted by atomic mass is 10.0. The molecular formula is C24H28N4O2S. The van der Waals surface area contributed by atoms with Gasteiger partial charge in [0.25, 0.3) is 0 Å². The lowest BCUT2D eigenvalue weighted by Gasteiger charge is -2.31. The normalized spacial score (nSPS) is 18.8. The molecule has 1 saturated heterocycles. The molecule has 1 aliphatic heterocycles. The van der Waals surface area contributed by atoms with Crippen molar-refractivity contribution in [1.82, 2.24) is 19.2 Å². The van der Waals surface area contributed by atoms with Crippen LogP contribution in [0.5, 0.6) is 0 Å². The van der Waals surface area contributed by atoms with Gasteiger partial charge in [-0.05, 0) is 61.5 Å². The summed E-state index contributed by atoms with van der Waals surface area (Å²) in [4.78, 5) is 5.82. The monoisotopic (exact) mass is 436 g/mol. The van der Waals surface area contributed by atoms with Crippen LogP contribution in [0.1, 0.15) is 31.4 Å². The summed E-state index contributed by atoms with van der Waals surface area (Å²) < 4.78 is 31.3. The number of H-pyrrole nitrogens is 1. The Labute approximate surface area is 182 Å². The van der Waals surface area contributed by atoms with Crippen LogP contribution in [0, 0.1) is 0 Å². The number of likely N-dealkylation sites (tertiary alicyclic amines) is 1. The van der Waals surface area contributed by atoms with Gasteiger partial charge in [0.15, 0.2) is 0 Å². The summed E-state index contributed by atoms with van der Waals surface area (Å²) in [6.45, 7) is 3.55. The highest BCUT2D eigenvalue weighted by Crippen LogP contribution is 2.34. The summed E-state index contributed by atoms with van der Waals surface area (Å²) in [5, 5.41) is 2.18. The van der Waals surface area contributed by atoms with Gasteiger partial charge in [0.1, 0.15) is 0 Å². The molecule has 0 amide bonds. The number of rotatable bonds is 6. The second kappa shape index (κ2) is 7.82. The molecule has 2 atom stereocenters. The molecule has 1 fully saturated rings. The maximum atomic E-state index is 13.1. The summed E-state index contributed by atoms with van der Waals surface area (Å²) in [5.74, 6) is 0. The Morgan fingerprint density at radius 2 is 2.03 bits per heavy atom. The number of para-hydroxylation sites is 1. The van der Waals surface area contributed by atoms with Crippen LogP contribution in [0.2, 0.25) is 0 Å². The predicted octanol–water partition coefficient (Wildman–Crippen LogP) is 4.16. The number of nitrogens with one attached hydrogen (secondary N) is 2. The van der Waals surface area contributed by atoms with Crippen molar-refractivity contribution in [2.75, 3.05) is 13.1 Å². The van der Waals surface area contributed by atoms with Crippen LogP contribution in [-0.4, -0.2) is 42.0 Å². The summed E-state index contributed by atoms with van der Waals surface area (Å²) >= 11 is 0. The van der Waals surface area contributed by atoms with Gasteiger partial charge in [-0.3, -0.25) is 4.90 Å². The zero-order valence-corrected chi connectivity index (χ0v) is 18.7. The average Bonchev–Trinajstić information content (AvgIpc) is 3.48. The fourth-order valence-electron chi connectivity index (χ4n) is 4.93. The SMILES string of the molecule is C[C@@H]1CCCN1C(CNS(=O)(=O)c1ccc2cc[nH]c2c1)c1cn(C)c2ccccc12. The van der Waals surface area contributed by atoms with E-state index in [-0.39, 0.29) is 10.9 Å². The third kappa shape index (κ3) is 3.67. The summed E-state index contributed by atoms with van der Waals surface area (Å²) in [5.41, 5.74) is 3.16. The van der Waals surface area contributed by atoms with Gasteiger partial charge >= 0.3 is 0 Å². The van der Waals surface area contributed by atoms with Crippen molar-refractivity contribution in [2.24, 2.45) is 7.05 Å². The fraction of sp³-hybridized carbons (Fsp3) is 0.333. The van der Waals surface area contributed by atoms with Crippen molar-refractivity contribution >= 4 is 31.8 Å². The molecular weight excluding hydrogens is 408 g/mol. The zero-order chi connectivity index (χ0) is 21.6. The number of nitrogens with zero attached hydrogens (tertiary/aromatic N) is 2. The van der Waals surface area contributed by atoms with E-state index in [1.807, 2.05) is 37.5 Å². The molecule has 6 nitrogen and oxygen atoms in total. The molecule has 2 aromatic heterocycles. The van der Waals surface area contributed by atoms with Crippen molar-refractivity contribution in [3.05, 3.63) is 66.5 Å². The Morgan fingerprint density at radius 3 is 2.84 bits per heavy atom. The summed E-state index contributed by atoms with van der Waals surface area (Å²) in [6.07, 6.45) is 6.25. The van der Waals surface area contributed by atoms with Crippen LogP contribution in [0.25, 0.3) is 21.8 Å². The number of benzene rings is 2. The number of hydrogen-bond donors (Lipinski definition) is 2. The Balaban J connectivity index is 1.48. The molecule has 0 bridgehead atoms. The van der Waals surface area contributed by atoms with E-state index in [0.29, 0.717) is 12.6 Å². The molecule has 31 heavy (non-hydrogen) atoms. The molecule has 1 unspecified atom stereocenters. The fourth-order valence-corrected chi connectivity index (χ4v) is 5.99. The molecule has 1 aliphatic rings. The van der Waals surface area contributed by atoms with Gasteiger partial charge in [-0.2, -0.15) is 0 Å². The van der Waals surface area contributed by atoms with Crippen molar-refractivity contribution in [2.45, 2.75) is 36.7 Å². The molecule has 5 rings (SSSR count). The van der Waals surface area contributed by atoms with E-state index >= 15 is 0 Å². The molecule has 0 spiro atoms. The molecule has 7 heteroatoms. The zero-order valence-electron chi connectivity index (χ0n) is 17.9. The number of hydrogen-bond acceptors (Lipinski definition) is 3. The van der Waals surface area contributed by atoms with Crippen molar-refractivity contribution in [3.63, 3.8) is 0 Å². The quantitative estimate of drug-likeness (QED) is 0.477. The standard InChI is InChI=1S/C24H28N4O2S/c1-17-6-5-13-28(17)24(21-16-27(2)23-8-4-3-7-20(21)23)15-26-31(29,30)19-10-9-18-11-12-25-22(18)14-19/h3-4,7-12,14,16-17,24-26H,5-6,13,15H2,1-2H3/t17-,24?/m1/s1. The van der Waals surface area contributed by atoms with Crippen LogP contribution < -0.4 is 4.72 Å². The molecule has 0 aliphatic carbocycles. The first kappa shape index (κ1) is 20.3. The molecule has 2 aromatic carbocycles. The van der Waals surface area contributed by atoms with Crippen LogP contribution in [0.4, 0.5) is 0 Å². The van der Waals surface area contributed by atoms with Crippen molar-refractivity contribution < 1.29 is 8.42 Å². The first-order valence-electron chi connectivity index (χ1n) is 10.8. The van der Waals surface area contributed by atoms with Gasteiger partial charge in [0.2, 0.25) is 10.0 Å². The van der Waals surface area contributed by atoms with E-state index in [9.17, 15) is 8.42 Å². The minimum absolute atomic E-state index is 0.0207. The summed E-state index contributed by atoms with van der Waals surface area (Å²) in [6, 6.07) is 15.9. The number of sulfonamides is 1. The first-order valence-corrected chi connectivity index (χ1v) is 12.3. The van der Waals surface area contributed by atoms with Crippen molar-refractivity contribution in [1.29, 1.82) is 0 Å². The lowest BCUT2D eigenvalue weighted by molar-refractivity contribution is 0.193. The van der Waals surface area contributed by atoms with Crippen LogP contribution >= 0.6 is 0 Å². The molecule has 0 saturated carbocycles. The highest BCUT2D eigenvalue weighted by molar-refractivity contribution is 7.89. The highest BCUT2D eigenvalue weighted by Gasteiger charge is 2.32. The van der Waals surface area contributed by atoms with Gasteiger partial charge < -0.3 is 9.55 Å². The van der Waals surface area contributed by atoms with Gasteiger partial charge in [-0.15, -0.1) is 0 Å². The van der Waals surface area contributed by atoms with E-state index in [2.05, 4.69) is 44.4 Å². The Bertz CT molecular complexity index is 1340.